The highest BCUT2D eigenvalue weighted by molar-refractivity contribution is 7.13. The van der Waals surface area contributed by atoms with Crippen molar-refractivity contribution in [2.24, 2.45) is 0 Å². The first kappa shape index (κ1) is 15.1. The summed E-state index contributed by atoms with van der Waals surface area (Å²) in [4.78, 5) is 17.8. The van der Waals surface area contributed by atoms with Crippen LogP contribution >= 0.6 is 11.3 Å². The van der Waals surface area contributed by atoms with Gasteiger partial charge in [-0.1, -0.05) is 0 Å². The Hall–Kier alpha value is -1.77. The average molecular weight is 321 g/mol. The van der Waals surface area contributed by atoms with Crippen LogP contribution in [0.3, 0.4) is 0 Å². The van der Waals surface area contributed by atoms with Crippen molar-refractivity contribution in [3.63, 3.8) is 0 Å². The minimum Gasteiger partial charge on any atom is -0.374 e. The smallest absolute Gasteiger partial charge is 0.223 e. The molecule has 1 N–H and O–H groups in total. The molecule has 2 aromatic heterocycles. The minimum absolute atomic E-state index is 0.0911. The molecule has 1 saturated heterocycles. The number of hydrogen-bond donors (Lipinski definition) is 1. The summed E-state index contributed by atoms with van der Waals surface area (Å²) in [6, 6.07) is 1.92. The lowest BCUT2D eigenvalue weighted by Crippen LogP contribution is -2.43. The molecule has 0 radical (unpaired) electrons. The van der Waals surface area contributed by atoms with E-state index in [1.54, 1.807) is 6.20 Å². The molecule has 1 atom stereocenters. The average Bonchev–Trinajstić information content (AvgIpc) is 3.11. The number of hydrogen-bond acceptors (Lipinski definition) is 6. The zero-order valence-corrected chi connectivity index (χ0v) is 13.3. The number of nitrogens with zero attached hydrogens (tertiary/aromatic N) is 4. The van der Waals surface area contributed by atoms with Gasteiger partial charge in [0.25, 0.3) is 0 Å². The van der Waals surface area contributed by atoms with Gasteiger partial charge < -0.3 is 10.1 Å². The molecular weight excluding hydrogens is 302 g/mol. The fraction of sp³-hybridized carbons (Fsp3) is 0.500. The zero-order valence-electron chi connectivity index (χ0n) is 12.4. The molecule has 1 aliphatic rings. The van der Waals surface area contributed by atoms with Crippen molar-refractivity contribution in [3.05, 3.63) is 29.5 Å². The SMILES string of the molecule is CC(=O)Nc1nc(CN2CCO[C@H](Cn3cccn3)C2)cs1. The van der Waals surface area contributed by atoms with Crippen LogP contribution < -0.4 is 5.32 Å². The van der Waals surface area contributed by atoms with E-state index in [-0.39, 0.29) is 12.0 Å². The molecule has 0 unspecified atom stereocenters. The van der Waals surface area contributed by atoms with Gasteiger partial charge >= 0.3 is 0 Å². The molecule has 22 heavy (non-hydrogen) atoms. The summed E-state index contributed by atoms with van der Waals surface area (Å²) in [5.41, 5.74) is 0.980. The quantitative estimate of drug-likeness (QED) is 0.896. The largest absolute Gasteiger partial charge is 0.374 e. The fourth-order valence-electron chi connectivity index (χ4n) is 2.47. The van der Waals surface area contributed by atoms with Gasteiger partial charge in [-0.3, -0.25) is 14.4 Å². The number of ether oxygens (including phenoxy) is 1. The Morgan fingerprint density at radius 3 is 3.27 bits per heavy atom. The third kappa shape index (κ3) is 4.12. The van der Waals surface area contributed by atoms with Gasteiger partial charge in [-0.25, -0.2) is 4.98 Å². The second-order valence-corrected chi connectivity index (χ2v) is 6.14. The van der Waals surface area contributed by atoms with Crippen molar-refractivity contribution in [2.45, 2.75) is 26.1 Å². The van der Waals surface area contributed by atoms with E-state index in [2.05, 4.69) is 20.3 Å². The Labute approximate surface area is 132 Å². The van der Waals surface area contributed by atoms with Gasteiger partial charge in [0, 0.05) is 44.3 Å². The lowest BCUT2D eigenvalue weighted by molar-refractivity contribution is -0.114. The molecule has 7 nitrogen and oxygen atoms in total. The van der Waals surface area contributed by atoms with Gasteiger partial charge in [0.15, 0.2) is 5.13 Å². The summed E-state index contributed by atoms with van der Waals surface area (Å²) in [6.07, 6.45) is 3.86. The normalized spacial score (nSPS) is 19.2. The van der Waals surface area contributed by atoms with Gasteiger partial charge in [0.05, 0.1) is 24.9 Å². The number of morpholine rings is 1. The van der Waals surface area contributed by atoms with Crippen molar-refractivity contribution >= 4 is 22.4 Å². The van der Waals surface area contributed by atoms with Gasteiger partial charge in [-0.15, -0.1) is 11.3 Å². The van der Waals surface area contributed by atoms with Crippen LogP contribution in [0.4, 0.5) is 5.13 Å². The maximum atomic E-state index is 11.0. The number of nitrogens with one attached hydrogen (secondary N) is 1. The highest BCUT2D eigenvalue weighted by atomic mass is 32.1. The van der Waals surface area contributed by atoms with Crippen LogP contribution in [0.25, 0.3) is 0 Å². The first-order chi connectivity index (χ1) is 10.7. The fourth-order valence-corrected chi connectivity index (χ4v) is 3.22. The maximum absolute atomic E-state index is 11.0. The zero-order chi connectivity index (χ0) is 15.4. The maximum Gasteiger partial charge on any atom is 0.223 e. The van der Waals surface area contributed by atoms with E-state index in [9.17, 15) is 4.79 Å². The minimum atomic E-state index is -0.0911. The molecule has 0 aromatic carbocycles. The predicted molar refractivity (Wildman–Crippen MR) is 83.7 cm³/mol. The Balaban J connectivity index is 1.53. The summed E-state index contributed by atoms with van der Waals surface area (Å²) in [6.45, 7) is 5.49. The van der Waals surface area contributed by atoms with Crippen molar-refractivity contribution in [1.29, 1.82) is 0 Å². The number of carbonyl (C=O) groups excluding carboxylic acids is 1. The predicted octanol–water partition coefficient (Wildman–Crippen LogP) is 1.20. The lowest BCUT2D eigenvalue weighted by atomic mass is 10.2. The summed E-state index contributed by atoms with van der Waals surface area (Å²) < 4.78 is 7.69. The highest BCUT2D eigenvalue weighted by Gasteiger charge is 2.21. The van der Waals surface area contributed by atoms with Crippen LogP contribution in [-0.2, 0) is 22.6 Å². The van der Waals surface area contributed by atoms with E-state index < -0.39 is 0 Å². The molecular formula is C14H19N5O2S. The molecule has 0 bridgehead atoms. The molecule has 1 amide bonds. The van der Waals surface area contributed by atoms with Crippen molar-refractivity contribution in [2.75, 3.05) is 25.0 Å². The van der Waals surface area contributed by atoms with Gasteiger partial charge in [-0.2, -0.15) is 5.10 Å². The van der Waals surface area contributed by atoms with Crippen LogP contribution in [-0.4, -0.2) is 51.4 Å². The summed E-state index contributed by atoms with van der Waals surface area (Å²) in [5.74, 6) is -0.0911. The second-order valence-electron chi connectivity index (χ2n) is 5.28. The van der Waals surface area contributed by atoms with Gasteiger partial charge in [-0.05, 0) is 6.07 Å². The number of anilines is 1. The number of thiazole rings is 1. The van der Waals surface area contributed by atoms with Crippen LogP contribution in [0.15, 0.2) is 23.8 Å². The molecule has 1 aliphatic heterocycles. The second kappa shape index (κ2) is 6.99. The third-order valence-corrected chi connectivity index (χ3v) is 4.20. The number of carbonyl (C=O) groups is 1. The molecule has 0 aliphatic carbocycles. The summed E-state index contributed by atoms with van der Waals surface area (Å²) in [7, 11) is 0. The monoisotopic (exact) mass is 321 g/mol. The van der Waals surface area contributed by atoms with Crippen LogP contribution in [0, 0.1) is 0 Å². The van der Waals surface area contributed by atoms with Crippen molar-refractivity contribution in [1.82, 2.24) is 19.7 Å². The summed E-state index contributed by atoms with van der Waals surface area (Å²) >= 11 is 1.46. The van der Waals surface area contributed by atoms with Crippen molar-refractivity contribution in [3.8, 4) is 0 Å². The van der Waals surface area contributed by atoms with E-state index >= 15 is 0 Å². The van der Waals surface area contributed by atoms with Gasteiger partial charge in [0.1, 0.15) is 0 Å². The Kier molecular flexibility index (Phi) is 4.81. The Bertz CT molecular complexity index is 613. The molecule has 118 valence electrons. The van der Waals surface area contributed by atoms with E-state index in [1.807, 2.05) is 22.3 Å². The Morgan fingerprint density at radius 2 is 2.50 bits per heavy atom. The lowest BCUT2D eigenvalue weighted by Gasteiger charge is -2.32. The molecule has 3 rings (SSSR count). The molecule has 3 heterocycles. The highest BCUT2D eigenvalue weighted by Crippen LogP contribution is 2.18. The first-order valence-corrected chi connectivity index (χ1v) is 8.10. The van der Waals surface area contributed by atoms with Crippen molar-refractivity contribution < 1.29 is 9.53 Å². The number of aromatic nitrogens is 3. The standard InChI is InChI=1S/C14H19N5O2S/c1-11(20)16-14-17-12(10-22-14)7-18-5-6-21-13(8-18)9-19-4-2-3-15-19/h2-4,10,13H,5-9H2,1H3,(H,16,17,20)/t13-/m0/s1. The topological polar surface area (TPSA) is 72.3 Å². The molecule has 0 spiro atoms. The summed E-state index contributed by atoms with van der Waals surface area (Å²) in [5, 5.41) is 9.58. The van der Waals surface area contributed by atoms with Crippen LogP contribution in [0.2, 0.25) is 0 Å². The van der Waals surface area contributed by atoms with E-state index in [0.717, 1.165) is 31.9 Å². The van der Waals surface area contributed by atoms with E-state index in [0.29, 0.717) is 11.7 Å². The molecule has 1 fully saturated rings. The number of rotatable bonds is 5. The first-order valence-electron chi connectivity index (χ1n) is 7.22. The molecule has 8 heteroatoms. The van der Waals surface area contributed by atoms with Gasteiger partial charge in [0.2, 0.25) is 5.91 Å². The number of amides is 1. The molecule has 0 saturated carbocycles. The van der Waals surface area contributed by atoms with Crippen LogP contribution in [0.5, 0.6) is 0 Å². The van der Waals surface area contributed by atoms with E-state index in [4.69, 9.17) is 4.74 Å². The van der Waals surface area contributed by atoms with E-state index in [1.165, 1.54) is 18.3 Å². The molecule has 2 aromatic rings. The third-order valence-electron chi connectivity index (χ3n) is 3.39. The van der Waals surface area contributed by atoms with Crippen LogP contribution in [0.1, 0.15) is 12.6 Å². The Morgan fingerprint density at radius 1 is 1.59 bits per heavy atom.